The molecule has 1 aliphatic carbocycles. The third-order valence-corrected chi connectivity index (χ3v) is 3.69. The number of benzene rings is 1. The van der Waals surface area contributed by atoms with Crippen LogP contribution in [0.2, 0.25) is 0 Å². The van der Waals surface area contributed by atoms with E-state index in [1.54, 1.807) is 0 Å². The second kappa shape index (κ2) is 5.86. The molecule has 20 heavy (non-hydrogen) atoms. The molecule has 1 aromatic heterocycles. The molecule has 3 rings (SSSR count). The van der Waals surface area contributed by atoms with Crippen molar-refractivity contribution >= 4 is 5.95 Å². The number of rotatable bonds is 3. The highest BCUT2D eigenvalue weighted by molar-refractivity contribution is 5.57. The van der Waals surface area contributed by atoms with Crippen molar-refractivity contribution in [1.82, 2.24) is 15.2 Å². The van der Waals surface area contributed by atoms with Gasteiger partial charge in [-0.1, -0.05) is 49.6 Å². The van der Waals surface area contributed by atoms with Gasteiger partial charge in [-0.05, 0) is 12.8 Å². The van der Waals surface area contributed by atoms with Crippen LogP contribution in [0.3, 0.4) is 0 Å². The molecule has 2 aromatic rings. The number of nitrogens with zero attached hydrogens (tertiary/aromatic N) is 2. The first-order valence-electron chi connectivity index (χ1n) is 7.12. The number of anilines is 1. The average Bonchev–Trinajstić information content (AvgIpc) is 2.49. The molecule has 0 spiro atoms. The van der Waals surface area contributed by atoms with Crippen molar-refractivity contribution in [3.05, 3.63) is 40.7 Å². The van der Waals surface area contributed by atoms with Gasteiger partial charge in [0.15, 0.2) is 5.69 Å². The zero-order valence-corrected chi connectivity index (χ0v) is 11.3. The fraction of sp³-hybridized carbons (Fsp3) is 0.400. The monoisotopic (exact) mass is 270 g/mol. The molecule has 0 aliphatic heterocycles. The smallest absolute Gasteiger partial charge is 0.279 e. The van der Waals surface area contributed by atoms with Crippen LogP contribution in [0.25, 0.3) is 11.3 Å². The maximum Gasteiger partial charge on any atom is 0.279 e. The summed E-state index contributed by atoms with van der Waals surface area (Å²) in [5.74, 6) is 0.474. The van der Waals surface area contributed by atoms with Crippen LogP contribution in [0.1, 0.15) is 32.1 Å². The highest BCUT2D eigenvalue weighted by atomic mass is 16.1. The number of aromatic nitrogens is 3. The van der Waals surface area contributed by atoms with Gasteiger partial charge in [0.25, 0.3) is 5.56 Å². The fourth-order valence-corrected chi connectivity index (χ4v) is 2.63. The van der Waals surface area contributed by atoms with Crippen molar-refractivity contribution < 1.29 is 0 Å². The van der Waals surface area contributed by atoms with Gasteiger partial charge < -0.3 is 5.32 Å². The van der Waals surface area contributed by atoms with E-state index < -0.39 is 0 Å². The van der Waals surface area contributed by atoms with Crippen LogP contribution in [0.5, 0.6) is 0 Å². The Morgan fingerprint density at radius 1 is 1.05 bits per heavy atom. The standard InChI is InChI=1S/C15H18N4O/c20-14-13(11-7-3-1-4-8-11)18-19-15(17-14)16-12-9-5-2-6-10-12/h1,3-4,7-8,12H,2,5-6,9-10H2,(H2,16,17,19,20). The first-order valence-corrected chi connectivity index (χ1v) is 7.12. The molecule has 0 atom stereocenters. The number of hydrogen-bond donors (Lipinski definition) is 2. The Bertz CT molecular complexity index is 617. The average molecular weight is 270 g/mol. The lowest BCUT2D eigenvalue weighted by Crippen LogP contribution is -2.26. The van der Waals surface area contributed by atoms with E-state index in [1.807, 2.05) is 30.3 Å². The summed E-state index contributed by atoms with van der Waals surface area (Å²) in [6, 6.07) is 9.77. The van der Waals surface area contributed by atoms with Crippen molar-refractivity contribution in [3.8, 4) is 11.3 Å². The Balaban J connectivity index is 1.79. The number of hydrogen-bond acceptors (Lipinski definition) is 4. The van der Waals surface area contributed by atoms with Crippen LogP contribution in [0.15, 0.2) is 35.1 Å². The van der Waals surface area contributed by atoms with Gasteiger partial charge >= 0.3 is 0 Å². The number of aromatic amines is 1. The molecule has 1 fully saturated rings. The van der Waals surface area contributed by atoms with Gasteiger partial charge in [-0.3, -0.25) is 9.78 Å². The molecule has 0 bridgehead atoms. The fourth-order valence-electron chi connectivity index (χ4n) is 2.63. The SMILES string of the molecule is O=c1[nH]c(NC2CCCCC2)nnc1-c1ccccc1. The van der Waals surface area contributed by atoms with E-state index >= 15 is 0 Å². The van der Waals surface area contributed by atoms with E-state index in [0.717, 1.165) is 18.4 Å². The molecule has 0 saturated heterocycles. The number of nitrogens with one attached hydrogen (secondary N) is 2. The van der Waals surface area contributed by atoms with Crippen molar-refractivity contribution in [2.75, 3.05) is 5.32 Å². The molecule has 0 unspecified atom stereocenters. The summed E-state index contributed by atoms with van der Waals surface area (Å²) in [6.07, 6.45) is 6.02. The summed E-state index contributed by atoms with van der Waals surface area (Å²) >= 11 is 0. The van der Waals surface area contributed by atoms with Crippen molar-refractivity contribution in [3.63, 3.8) is 0 Å². The van der Waals surface area contributed by atoms with Crippen LogP contribution in [-0.2, 0) is 0 Å². The minimum absolute atomic E-state index is 0.204. The molecular formula is C15H18N4O. The number of H-pyrrole nitrogens is 1. The van der Waals surface area contributed by atoms with E-state index in [0.29, 0.717) is 17.7 Å². The maximum absolute atomic E-state index is 12.1. The van der Waals surface area contributed by atoms with Crippen LogP contribution >= 0.6 is 0 Å². The minimum Gasteiger partial charge on any atom is -0.352 e. The maximum atomic E-state index is 12.1. The highest BCUT2D eigenvalue weighted by Crippen LogP contribution is 2.19. The molecule has 2 N–H and O–H groups in total. The molecule has 1 aliphatic rings. The molecule has 0 amide bonds. The molecule has 1 saturated carbocycles. The Kier molecular flexibility index (Phi) is 3.76. The van der Waals surface area contributed by atoms with E-state index in [4.69, 9.17) is 0 Å². The third-order valence-electron chi connectivity index (χ3n) is 3.69. The van der Waals surface area contributed by atoms with Crippen LogP contribution in [0, 0.1) is 0 Å². The molecule has 0 radical (unpaired) electrons. The van der Waals surface area contributed by atoms with Crippen molar-refractivity contribution in [1.29, 1.82) is 0 Å². The Morgan fingerprint density at radius 2 is 1.80 bits per heavy atom. The largest absolute Gasteiger partial charge is 0.352 e. The molecule has 5 nitrogen and oxygen atoms in total. The molecular weight excluding hydrogens is 252 g/mol. The van der Waals surface area contributed by atoms with Gasteiger partial charge in [0, 0.05) is 11.6 Å². The third kappa shape index (κ3) is 2.87. The lowest BCUT2D eigenvalue weighted by Gasteiger charge is -2.22. The summed E-state index contributed by atoms with van der Waals surface area (Å²) in [5, 5.41) is 11.4. The van der Waals surface area contributed by atoms with Gasteiger partial charge in [-0.2, -0.15) is 0 Å². The summed E-state index contributed by atoms with van der Waals surface area (Å²) in [4.78, 5) is 14.9. The van der Waals surface area contributed by atoms with Crippen LogP contribution in [-0.4, -0.2) is 21.2 Å². The molecule has 1 aromatic carbocycles. The first kappa shape index (κ1) is 12.8. The predicted octanol–water partition coefficient (Wildman–Crippen LogP) is 2.58. The van der Waals surface area contributed by atoms with Crippen molar-refractivity contribution in [2.24, 2.45) is 0 Å². The molecule has 1 heterocycles. The summed E-state index contributed by atoms with van der Waals surface area (Å²) in [7, 11) is 0. The highest BCUT2D eigenvalue weighted by Gasteiger charge is 2.14. The predicted molar refractivity (Wildman–Crippen MR) is 78.6 cm³/mol. The van der Waals surface area contributed by atoms with Gasteiger partial charge in [0.1, 0.15) is 0 Å². The van der Waals surface area contributed by atoms with E-state index in [1.165, 1.54) is 19.3 Å². The topological polar surface area (TPSA) is 70.7 Å². The van der Waals surface area contributed by atoms with Gasteiger partial charge in [0.2, 0.25) is 5.95 Å². The zero-order chi connectivity index (χ0) is 13.8. The van der Waals surface area contributed by atoms with E-state index in [9.17, 15) is 4.79 Å². The molecule has 104 valence electrons. The minimum atomic E-state index is -0.204. The summed E-state index contributed by atoms with van der Waals surface area (Å²) in [5.41, 5.74) is 0.940. The van der Waals surface area contributed by atoms with E-state index in [2.05, 4.69) is 20.5 Å². The Labute approximate surface area is 117 Å². The van der Waals surface area contributed by atoms with Gasteiger partial charge in [-0.25, -0.2) is 0 Å². The first-order chi connectivity index (χ1) is 9.83. The summed E-state index contributed by atoms with van der Waals surface area (Å²) < 4.78 is 0. The van der Waals surface area contributed by atoms with E-state index in [-0.39, 0.29) is 5.56 Å². The second-order valence-electron chi connectivity index (χ2n) is 5.20. The van der Waals surface area contributed by atoms with Crippen molar-refractivity contribution in [2.45, 2.75) is 38.1 Å². The van der Waals surface area contributed by atoms with Gasteiger partial charge in [0.05, 0.1) is 0 Å². The lowest BCUT2D eigenvalue weighted by molar-refractivity contribution is 0.460. The molecule has 5 heteroatoms. The van der Waals surface area contributed by atoms with Crippen LogP contribution in [0.4, 0.5) is 5.95 Å². The Hall–Kier alpha value is -2.17. The lowest BCUT2D eigenvalue weighted by atomic mass is 9.96. The summed E-state index contributed by atoms with van der Waals surface area (Å²) in [6.45, 7) is 0. The van der Waals surface area contributed by atoms with Gasteiger partial charge in [-0.15, -0.1) is 10.2 Å². The second-order valence-corrected chi connectivity index (χ2v) is 5.20. The normalized spacial score (nSPS) is 16.0. The zero-order valence-electron chi connectivity index (χ0n) is 11.3. The quantitative estimate of drug-likeness (QED) is 0.899. The Morgan fingerprint density at radius 3 is 2.50 bits per heavy atom. The van der Waals surface area contributed by atoms with Crippen LogP contribution < -0.4 is 10.9 Å².